The molecular weight excluding hydrogens is 194 g/mol. The molecule has 0 unspecified atom stereocenters. The Balaban J connectivity index is 2.15. The van der Waals surface area contributed by atoms with Crippen LogP contribution in [0.4, 0.5) is 5.69 Å². The summed E-state index contributed by atoms with van der Waals surface area (Å²) in [6.07, 6.45) is 2.07. The summed E-state index contributed by atoms with van der Waals surface area (Å²) in [5.74, 6) is 0.881. The van der Waals surface area contributed by atoms with Crippen molar-refractivity contribution >= 4 is 23.4 Å². The SMILES string of the molecule is CSc1ccccc1NC1=NCCN1. The first-order chi connectivity index (χ1) is 6.90. The summed E-state index contributed by atoms with van der Waals surface area (Å²) >= 11 is 1.73. The van der Waals surface area contributed by atoms with Crippen molar-refractivity contribution in [2.45, 2.75) is 4.90 Å². The predicted molar refractivity (Wildman–Crippen MR) is 62.2 cm³/mol. The van der Waals surface area contributed by atoms with E-state index < -0.39 is 0 Å². The van der Waals surface area contributed by atoms with Crippen LogP contribution in [0.25, 0.3) is 0 Å². The molecule has 2 N–H and O–H groups in total. The average Bonchev–Trinajstić information content (AvgIpc) is 2.71. The highest BCUT2D eigenvalue weighted by atomic mass is 32.2. The zero-order valence-electron chi connectivity index (χ0n) is 8.08. The molecule has 3 nitrogen and oxygen atoms in total. The second-order valence-electron chi connectivity index (χ2n) is 2.98. The Morgan fingerprint density at radius 1 is 1.43 bits per heavy atom. The second kappa shape index (κ2) is 4.37. The average molecular weight is 207 g/mol. The lowest BCUT2D eigenvalue weighted by Crippen LogP contribution is -2.26. The van der Waals surface area contributed by atoms with Crippen molar-refractivity contribution in [1.29, 1.82) is 0 Å². The van der Waals surface area contributed by atoms with E-state index in [9.17, 15) is 0 Å². The summed E-state index contributed by atoms with van der Waals surface area (Å²) in [4.78, 5) is 5.53. The van der Waals surface area contributed by atoms with Gasteiger partial charge in [-0.2, -0.15) is 0 Å². The first-order valence-corrected chi connectivity index (χ1v) is 5.81. The van der Waals surface area contributed by atoms with E-state index in [0.717, 1.165) is 24.7 Å². The summed E-state index contributed by atoms with van der Waals surface area (Å²) in [6.45, 7) is 1.80. The van der Waals surface area contributed by atoms with E-state index >= 15 is 0 Å². The van der Waals surface area contributed by atoms with Gasteiger partial charge < -0.3 is 10.6 Å². The molecule has 1 aromatic carbocycles. The predicted octanol–water partition coefficient (Wildman–Crippen LogP) is 1.78. The fourth-order valence-corrected chi connectivity index (χ4v) is 1.91. The van der Waals surface area contributed by atoms with Crippen LogP contribution < -0.4 is 10.6 Å². The lowest BCUT2D eigenvalue weighted by molar-refractivity contribution is 0.959. The monoisotopic (exact) mass is 207 g/mol. The topological polar surface area (TPSA) is 36.4 Å². The maximum absolute atomic E-state index is 4.29. The minimum atomic E-state index is 0.865. The van der Waals surface area contributed by atoms with Crippen LogP contribution in [0.1, 0.15) is 0 Å². The molecule has 0 atom stereocenters. The Kier molecular flexibility index (Phi) is 2.93. The first kappa shape index (κ1) is 9.40. The Morgan fingerprint density at radius 3 is 3.00 bits per heavy atom. The van der Waals surface area contributed by atoms with E-state index in [1.807, 2.05) is 12.1 Å². The number of nitrogens with one attached hydrogen (secondary N) is 2. The van der Waals surface area contributed by atoms with Gasteiger partial charge in [-0.1, -0.05) is 12.1 Å². The fourth-order valence-electron chi connectivity index (χ4n) is 1.36. The molecular formula is C10H13N3S. The molecule has 0 saturated carbocycles. The highest BCUT2D eigenvalue weighted by Gasteiger charge is 2.06. The normalized spacial score (nSPS) is 14.8. The van der Waals surface area contributed by atoms with Gasteiger partial charge in [0.25, 0.3) is 0 Å². The quantitative estimate of drug-likeness (QED) is 0.726. The van der Waals surface area contributed by atoms with Crippen molar-refractivity contribution in [2.75, 3.05) is 24.7 Å². The molecule has 1 heterocycles. The number of hydrogen-bond acceptors (Lipinski definition) is 4. The Labute approximate surface area is 88.0 Å². The van der Waals surface area contributed by atoms with Crippen LogP contribution in [0.3, 0.4) is 0 Å². The summed E-state index contributed by atoms with van der Waals surface area (Å²) < 4.78 is 0. The molecule has 1 aliphatic rings. The molecule has 1 aromatic rings. The van der Waals surface area contributed by atoms with E-state index in [4.69, 9.17) is 0 Å². The molecule has 0 fully saturated rings. The van der Waals surface area contributed by atoms with Crippen molar-refractivity contribution < 1.29 is 0 Å². The molecule has 74 valence electrons. The van der Waals surface area contributed by atoms with Gasteiger partial charge in [0.15, 0.2) is 5.96 Å². The molecule has 4 heteroatoms. The Bertz CT molecular complexity index is 349. The van der Waals surface area contributed by atoms with Crippen LogP contribution >= 0.6 is 11.8 Å². The molecule has 14 heavy (non-hydrogen) atoms. The summed E-state index contributed by atoms with van der Waals surface area (Å²) in [7, 11) is 0. The van der Waals surface area contributed by atoms with Crippen LogP contribution in [0.2, 0.25) is 0 Å². The van der Waals surface area contributed by atoms with Gasteiger partial charge in [-0.15, -0.1) is 11.8 Å². The number of para-hydroxylation sites is 1. The first-order valence-electron chi connectivity index (χ1n) is 4.58. The lowest BCUT2D eigenvalue weighted by atomic mass is 10.3. The van der Waals surface area contributed by atoms with Gasteiger partial charge >= 0.3 is 0 Å². The van der Waals surface area contributed by atoms with Crippen LogP contribution in [-0.2, 0) is 0 Å². The van der Waals surface area contributed by atoms with Crippen LogP contribution in [-0.4, -0.2) is 25.3 Å². The highest BCUT2D eigenvalue weighted by Crippen LogP contribution is 2.24. The third-order valence-electron chi connectivity index (χ3n) is 2.03. The van der Waals surface area contributed by atoms with Crippen molar-refractivity contribution in [3.05, 3.63) is 24.3 Å². The van der Waals surface area contributed by atoms with Gasteiger partial charge in [-0.05, 0) is 18.4 Å². The van der Waals surface area contributed by atoms with Gasteiger partial charge in [0, 0.05) is 11.4 Å². The second-order valence-corrected chi connectivity index (χ2v) is 3.83. The molecule has 0 amide bonds. The number of hydrogen-bond donors (Lipinski definition) is 2. The summed E-state index contributed by atoms with van der Waals surface area (Å²) in [5, 5.41) is 6.46. The van der Waals surface area contributed by atoms with Gasteiger partial charge in [0.1, 0.15) is 0 Å². The number of nitrogens with zero attached hydrogens (tertiary/aromatic N) is 1. The minimum absolute atomic E-state index is 0.865. The molecule has 0 aromatic heterocycles. The van der Waals surface area contributed by atoms with Crippen molar-refractivity contribution in [2.24, 2.45) is 4.99 Å². The minimum Gasteiger partial charge on any atom is -0.354 e. The van der Waals surface area contributed by atoms with E-state index in [-0.39, 0.29) is 0 Å². The van der Waals surface area contributed by atoms with E-state index in [1.54, 1.807) is 11.8 Å². The highest BCUT2D eigenvalue weighted by molar-refractivity contribution is 7.98. The summed E-state index contributed by atoms with van der Waals surface area (Å²) in [5.41, 5.74) is 1.12. The molecule has 0 bridgehead atoms. The molecule has 1 aliphatic heterocycles. The molecule has 0 aliphatic carbocycles. The van der Waals surface area contributed by atoms with Gasteiger partial charge in [-0.3, -0.25) is 4.99 Å². The van der Waals surface area contributed by atoms with Crippen LogP contribution in [0.15, 0.2) is 34.2 Å². The van der Waals surface area contributed by atoms with Crippen molar-refractivity contribution in [1.82, 2.24) is 5.32 Å². The molecule has 0 saturated heterocycles. The Morgan fingerprint density at radius 2 is 2.29 bits per heavy atom. The number of benzene rings is 1. The van der Waals surface area contributed by atoms with Crippen LogP contribution in [0.5, 0.6) is 0 Å². The number of thioether (sulfide) groups is 1. The number of anilines is 1. The van der Waals surface area contributed by atoms with E-state index in [1.165, 1.54) is 4.90 Å². The zero-order chi connectivity index (χ0) is 9.80. The third-order valence-corrected chi connectivity index (χ3v) is 2.83. The molecule has 2 rings (SSSR count). The third kappa shape index (κ3) is 2.01. The van der Waals surface area contributed by atoms with Crippen molar-refractivity contribution in [3.8, 4) is 0 Å². The Hall–Kier alpha value is -1.16. The lowest BCUT2D eigenvalue weighted by Gasteiger charge is -2.09. The number of rotatable bonds is 2. The zero-order valence-corrected chi connectivity index (χ0v) is 8.90. The number of aliphatic imine (C=N–C) groups is 1. The number of guanidine groups is 1. The smallest absolute Gasteiger partial charge is 0.195 e. The van der Waals surface area contributed by atoms with E-state index in [0.29, 0.717) is 0 Å². The molecule has 0 radical (unpaired) electrons. The van der Waals surface area contributed by atoms with Gasteiger partial charge in [0.05, 0.1) is 12.2 Å². The van der Waals surface area contributed by atoms with Gasteiger partial charge in [0.2, 0.25) is 0 Å². The van der Waals surface area contributed by atoms with E-state index in [2.05, 4.69) is 34.0 Å². The maximum atomic E-state index is 4.29. The largest absolute Gasteiger partial charge is 0.354 e. The maximum Gasteiger partial charge on any atom is 0.195 e. The summed E-state index contributed by atoms with van der Waals surface area (Å²) in [6, 6.07) is 8.23. The van der Waals surface area contributed by atoms with Gasteiger partial charge in [-0.25, -0.2) is 0 Å². The van der Waals surface area contributed by atoms with Crippen LogP contribution in [0, 0.1) is 0 Å². The molecule has 0 spiro atoms. The van der Waals surface area contributed by atoms with Crippen molar-refractivity contribution in [3.63, 3.8) is 0 Å². The fraction of sp³-hybridized carbons (Fsp3) is 0.300. The standard InChI is InChI=1S/C10H13N3S/c1-14-9-5-3-2-4-8(9)13-10-11-6-7-12-10/h2-5H,6-7H2,1H3,(H2,11,12,13).